The van der Waals surface area contributed by atoms with Crippen LogP contribution in [0.1, 0.15) is 33.0 Å². The van der Waals surface area contributed by atoms with Crippen LogP contribution in [0, 0.1) is 29.8 Å². The Labute approximate surface area is 279 Å². The molecule has 0 bridgehead atoms. The molecule has 2 saturated heterocycles. The van der Waals surface area contributed by atoms with Gasteiger partial charge in [0.2, 0.25) is 0 Å². The Bertz CT molecular complexity index is 1820. The Hall–Kier alpha value is -5.73. The van der Waals surface area contributed by atoms with Gasteiger partial charge in [0.25, 0.3) is 11.8 Å². The Morgan fingerprint density at radius 2 is 1.67 bits per heavy atom. The zero-order valence-electron chi connectivity index (χ0n) is 27.7. The van der Waals surface area contributed by atoms with Crippen molar-refractivity contribution in [2.24, 2.45) is 14.1 Å². The average Bonchev–Trinajstić information content (AvgIpc) is 3.91. The number of likely N-dealkylation sites (N-methyl/N-ethyl adjacent to an activating group) is 1. The quantitative estimate of drug-likeness (QED) is 0.295. The first kappa shape index (κ1) is 33.6. The number of likely N-dealkylation sites (tertiary alicyclic amines) is 2. The van der Waals surface area contributed by atoms with Crippen LogP contribution < -0.4 is 5.32 Å². The van der Waals surface area contributed by atoms with Crippen LogP contribution in [0.5, 0.6) is 0 Å². The van der Waals surface area contributed by atoms with Crippen molar-refractivity contribution in [3.63, 3.8) is 0 Å². The van der Waals surface area contributed by atoms with E-state index in [0.29, 0.717) is 37.4 Å². The van der Waals surface area contributed by atoms with Crippen LogP contribution in [0.15, 0.2) is 61.2 Å². The molecule has 2 fully saturated rings. The number of nitrogens with one attached hydrogen (secondary N) is 1. The third kappa shape index (κ3) is 7.62. The number of pyridine rings is 1. The molecule has 248 valence electrons. The van der Waals surface area contributed by atoms with Crippen molar-refractivity contribution < 1.29 is 14.3 Å². The van der Waals surface area contributed by atoms with Crippen LogP contribution in [0.2, 0.25) is 0 Å². The predicted octanol–water partition coefficient (Wildman–Crippen LogP) is 2.42. The van der Waals surface area contributed by atoms with E-state index in [2.05, 4.69) is 32.9 Å². The van der Waals surface area contributed by atoms with Gasteiger partial charge in [-0.1, -0.05) is 18.2 Å². The van der Waals surface area contributed by atoms with Crippen LogP contribution in [-0.4, -0.2) is 110 Å². The van der Waals surface area contributed by atoms with Crippen LogP contribution in [0.25, 0.3) is 22.3 Å². The molecule has 2 amide bonds. The van der Waals surface area contributed by atoms with E-state index < -0.39 is 0 Å². The summed E-state index contributed by atoms with van der Waals surface area (Å²) in [6.07, 6.45) is 12.2. The lowest BCUT2D eigenvalue weighted by Crippen LogP contribution is -2.44. The van der Waals surface area contributed by atoms with E-state index in [4.69, 9.17) is 15.3 Å². The fourth-order valence-electron chi connectivity index (χ4n) is 5.97. The Kier molecular flexibility index (Phi) is 10.4. The minimum Gasteiger partial charge on any atom is -0.377 e. The van der Waals surface area contributed by atoms with Crippen molar-refractivity contribution in [3.8, 4) is 34.6 Å². The fourth-order valence-corrected chi connectivity index (χ4v) is 5.97. The zero-order valence-corrected chi connectivity index (χ0v) is 27.7. The van der Waals surface area contributed by atoms with Gasteiger partial charge >= 0.3 is 0 Å². The van der Waals surface area contributed by atoms with Gasteiger partial charge in [-0.25, -0.2) is 0 Å². The van der Waals surface area contributed by atoms with Crippen molar-refractivity contribution in [1.82, 2.24) is 44.6 Å². The normalized spacial score (nSPS) is 18.4. The summed E-state index contributed by atoms with van der Waals surface area (Å²) in [6, 6.07) is 10.9. The second-order valence-electron chi connectivity index (χ2n) is 12.0. The average molecular weight is 650 g/mol. The molecule has 4 aromatic rings. The summed E-state index contributed by atoms with van der Waals surface area (Å²) in [5, 5.41) is 29.3. The first-order valence-electron chi connectivity index (χ1n) is 15.6. The van der Waals surface area contributed by atoms with Crippen molar-refractivity contribution in [3.05, 3.63) is 78.1 Å². The largest absolute Gasteiger partial charge is 0.377 e. The molecule has 6 rings (SSSR count). The van der Waals surface area contributed by atoms with Crippen molar-refractivity contribution in [1.29, 1.82) is 10.5 Å². The van der Waals surface area contributed by atoms with Crippen LogP contribution >= 0.6 is 0 Å². The highest BCUT2D eigenvalue weighted by atomic mass is 16.5. The molecule has 14 nitrogen and oxygen atoms in total. The summed E-state index contributed by atoms with van der Waals surface area (Å²) >= 11 is 0. The number of ether oxygens (including phenoxy) is 1. The number of benzene rings is 1. The summed E-state index contributed by atoms with van der Waals surface area (Å²) in [6.45, 7) is 4.19. The highest BCUT2D eigenvalue weighted by Crippen LogP contribution is 2.23. The van der Waals surface area contributed by atoms with Gasteiger partial charge in [0.05, 0.1) is 37.1 Å². The lowest BCUT2D eigenvalue weighted by Gasteiger charge is -2.28. The first-order valence-corrected chi connectivity index (χ1v) is 15.6. The molecule has 0 aliphatic carbocycles. The van der Waals surface area contributed by atoms with E-state index in [9.17, 15) is 9.59 Å². The van der Waals surface area contributed by atoms with Crippen molar-refractivity contribution in [2.75, 3.05) is 40.3 Å². The second-order valence-corrected chi connectivity index (χ2v) is 12.0. The number of amides is 2. The molecule has 1 N–H and O–H groups in total. The van der Waals surface area contributed by atoms with Crippen LogP contribution in [0.3, 0.4) is 0 Å². The van der Waals surface area contributed by atoms with Crippen molar-refractivity contribution >= 4 is 11.8 Å². The Balaban J connectivity index is 0.000000188. The van der Waals surface area contributed by atoms with Crippen LogP contribution in [0.4, 0.5) is 0 Å². The summed E-state index contributed by atoms with van der Waals surface area (Å²) < 4.78 is 8.95. The number of carbonyl (C=O) groups excluding carboxylic acids is 2. The number of nitrogens with zero attached hydrogens (tertiary/aromatic N) is 10. The Morgan fingerprint density at radius 3 is 2.23 bits per heavy atom. The molecule has 0 saturated carbocycles. The SMILES string of the molecule is CO[C@H]1CN(C#N)C[C@@H]1N(C)C(=O)c1ccc(-c2cnn(C)c2)cc1.Cc1nn(C)cc1-c1ccc(C(=O)N[C@@H]2CCN(C#N)C2)nc1. The van der Waals surface area contributed by atoms with Gasteiger partial charge in [-0.05, 0) is 37.1 Å². The number of aromatic nitrogens is 5. The molecular weight excluding hydrogens is 610 g/mol. The number of rotatable bonds is 7. The Morgan fingerprint density at radius 1 is 0.938 bits per heavy atom. The maximum absolute atomic E-state index is 12.8. The third-order valence-electron chi connectivity index (χ3n) is 8.65. The monoisotopic (exact) mass is 649 g/mol. The fraction of sp³-hybridized carbons (Fsp3) is 0.382. The minimum absolute atomic E-state index is 0.00388. The minimum atomic E-state index is -0.204. The highest BCUT2D eigenvalue weighted by Gasteiger charge is 2.37. The number of hydrogen-bond acceptors (Lipinski definition) is 10. The molecule has 14 heteroatoms. The molecule has 5 heterocycles. The summed E-state index contributed by atoms with van der Waals surface area (Å²) in [5.41, 5.74) is 5.88. The molecule has 0 spiro atoms. The van der Waals surface area contributed by atoms with E-state index >= 15 is 0 Å². The second kappa shape index (κ2) is 14.8. The van der Waals surface area contributed by atoms with Gasteiger partial charge in [-0.2, -0.15) is 20.7 Å². The van der Waals surface area contributed by atoms with Gasteiger partial charge in [0, 0.05) is 88.2 Å². The molecule has 1 aromatic carbocycles. The molecular formula is C34H39N11O3. The summed E-state index contributed by atoms with van der Waals surface area (Å²) in [7, 11) is 7.11. The lowest BCUT2D eigenvalue weighted by molar-refractivity contribution is 0.0418. The van der Waals surface area contributed by atoms with E-state index in [-0.39, 0.29) is 30.0 Å². The van der Waals surface area contributed by atoms with Gasteiger partial charge in [-0.15, -0.1) is 0 Å². The molecule has 48 heavy (non-hydrogen) atoms. The maximum Gasteiger partial charge on any atom is 0.270 e. The topological polar surface area (TPSA) is 161 Å². The lowest BCUT2D eigenvalue weighted by atomic mass is 10.1. The van der Waals surface area contributed by atoms with Crippen LogP contribution in [-0.2, 0) is 18.8 Å². The summed E-state index contributed by atoms with van der Waals surface area (Å²) in [4.78, 5) is 34.2. The smallest absolute Gasteiger partial charge is 0.270 e. The van der Waals surface area contributed by atoms with Gasteiger partial charge < -0.3 is 24.8 Å². The molecule has 0 unspecified atom stereocenters. The number of carbonyl (C=O) groups is 2. The molecule has 2 aliphatic heterocycles. The number of methoxy groups -OCH3 is 1. The van der Waals surface area contributed by atoms with Gasteiger partial charge in [0.1, 0.15) is 5.69 Å². The van der Waals surface area contributed by atoms with Gasteiger partial charge in [0.15, 0.2) is 12.4 Å². The number of hydrogen-bond donors (Lipinski definition) is 1. The molecule has 2 aliphatic rings. The summed E-state index contributed by atoms with van der Waals surface area (Å²) in [5.74, 6) is -0.283. The van der Waals surface area contributed by atoms with E-state index in [0.717, 1.165) is 34.4 Å². The van der Waals surface area contributed by atoms with Gasteiger partial charge in [-0.3, -0.25) is 23.9 Å². The number of aryl methyl sites for hydroxylation is 3. The van der Waals surface area contributed by atoms with Crippen molar-refractivity contribution in [2.45, 2.75) is 31.5 Å². The third-order valence-corrected chi connectivity index (χ3v) is 8.65. The molecule has 3 aromatic heterocycles. The number of nitriles is 2. The first-order chi connectivity index (χ1) is 23.1. The molecule has 0 radical (unpaired) electrons. The standard InChI is InChI=1S/C18H21N5O2.C16H18N6O/c1-21-9-15(8-20-21)13-4-6-14(7-5-13)18(24)22(2)16-10-23(12-19)11-17(16)25-3;1-11-14(9-21(2)20-11)12-3-4-15(18-7-12)16(23)19-13-5-6-22(8-13)10-17/h4-9,16-17H,10-11H2,1-3H3;3-4,7,9,13H,5-6,8H2,1-2H3,(H,19,23)/t16-,17-;13-/m01/s1. The predicted molar refractivity (Wildman–Crippen MR) is 177 cm³/mol. The highest BCUT2D eigenvalue weighted by molar-refractivity contribution is 5.95. The molecule has 3 atom stereocenters. The maximum atomic E-state index is 12.8. The van der Waals surface area contributed by atoms with E-state index in [1.165, 1.54) is 0 Å². The van der Waals surface area contributed by atoms with E-state index in [1.807, 2.05) is 63.7 Å². The van der Waals surface area contributed by atoms with E-state index in [1.54, 1.807) is 56.7 Å². The zero-order chi connectivity index (χ0) is 34.4.